The lowest BCUT2D eigenvalue weighted by molar-refractivity contribution is -0.155. The Bertz CT molecular complexity index is 1440. The van der Waals surface area contributed by atoms with E-state index in [-0.39, 0.29) is 5.97 Å². The van der Waals surface area contributed by atoms with Crippen molar-refractivity contribution >= 4 is 5.97 Å². The molecule has 0 aliphatic heterocycles. The minimum atomic E-state index is -0.471. The molecular weight excluding hydrogens is 502 g/mol. The van der Waals surface area contributed by atoms with Crippen LogP contribution in [0.1, 0.15) is 50.8 Å². The summed E-state index contributed by atoms with van der Waals surface area (Å²) in [5.41, 5.74) is 7.06. The number of hydrogen-bond acceptors (Lipinski definition) is 7. The molecule has 0 saturated carbocycles. The van der Waals surface area contributed by atoms with E-state index in [0.29, 0.717) is 37.8 Å². The number of rotatable bonds is 11. The summed E-state index contributed by atoms with van der Waals surface area (Å²) in [6.07, 6.45) is 1.30. The minimum absolute atomic E-state index is 0.191. The predicted molar refractivity (Wildman–Crippen MR) is 157 cm³/mol. The van der Waals surface area contributed by atoms with Crippen molar-refractivity contribution in [3.8, 4) is 34.0 Å². The Morgan fingerprint density at radius 1 is 0.950 bits per heavy atom. The largest absolute Gasteiger partial charge is 0.460 e. The number of aryl methyl sites for hydroxylation is 1. The first kappa shape index (κ1) is 29.2. The second-order valence-corrected chi connectivity index (χ2v) is 11.0. The molecule has 40 heavy (non-hydrogen) atoms. The van der Waals surface area contributed by atoms with Crippen molar-refractivity contribution in [2.75, 3.05) is 20.7 Å². The van der Waals surface area contributed by atoms with E-state index in [1.165, 1.54) is 11.1 Å². The van der Waals surface area contributed by atoms with E-state index in [4.69, 9.17) is 19.0 Å². The summed E-state index contributed by atoms with van der Waals surface area (Å²) in [6.45, 7) is 9.57. The van der Waals surface area contributed by atoms with Crippen molar-refractivity contribution in [2.45, 2.75) is 59.3 Å². The van der Waals surface area contributed by atoms with Crippen LogP contribution in [0.15, 0.2) is 71.3 Å². The van der Waals surface area contributed by atoms with Crippen LogP contribution in [-0.4, -0.2) is 47.3 Å². The summed E-state index contributed by atoms with van der Waals surface area (Å²) in [6, 6.07) is 22.7. The van der Waals surface area contributed by atoms with Gasteiger partial charge in [0.05, 0.1) is 13.0 Å². The van der Waals surface area contributed by atoms with Crippen molar-refractivity contribution < 1.29 is 18.8 Å². The fourth-order valence-electron chi connectivity index (χ4n) is 4.69. The van der Waals surface area contributed by atoms with Crippen LogP contribution < -0.4 is 0 Å². The van der Waals surface area contributed by atoms with Crippen LogP contribution >= 0.6 is 0 Å². The number of esters is 1. The summed E-state index contributed by atoms with van der Waals surface area (Å²) in [7, 11) is 3.69. The molecule has 0 aliphatic carbocycles. The highest BCUT2D eigenvalue weighted by Gasteiger charge is 2.18. The lowest BCUT2D eigenvalue weighted by Gasteiger charge is -2.21. The molecule has 210 valence electrons. The first-order chi connectivity index (χ1) is 19.2. The summed E-state index contributed by atoms with van der Waals surface area (Å²) >= 11 is 0. The number of aromatic nitrogens is 2. The number of benzene rings is 3. The van der Waals surface area contributed by atoms with Crippen molar-refractivity contribution in [2.24, 2.45) is 0 Å². The maximum absolute atomic E-state index is 12.1. The van der Waals surface area contributed by atoms with Gasteiger partial charge in [-0.25, -0.2) is 0 Å². The molecule has 0 saturated heterocycles. The molecule has 7 nitrogen and oxygen atoms in total. The summed E-state index contributed by atoms with van der Waals surface area (Å²) in [4.78, 5) is 18.9. The Hall–Kier alpha value is -3.81. The van der Waals surface area contributed by atoms with Crippen molar-refractivity contribution in [3.63, 3.8) is 0 Å². The maximum Gasteiger partial charge on any atom is 0.307 e. The standard InChI is InChI=1S/C33H39N3O4/c1-7-24-12-8-9-14-28(24)29-16-15-26(20-27(29)22-38-6)32-34-31(35-40-32)25-13-10-11-23(19-25)21-36(5)18-17-30(37)39-33(2,3)4/h8-16,19-20H,7,17-18,21-22H2,1-6H3. The average Bonchev–Trinajstić information content (AvgIpc) is 3.42. The molecule has 0 radical (unpaired) electrons. The monoisotopic (exact) mass is 541 g/mol. The van der Waals surface area contributed by atoms with Gasteiger partial charge in [-0.1, -0.05) is 60.6 Å². The van der Waals surface area contributed by atoms with Crippen LogP contribution in [0.2, 0.25) is 0 Å². The normalized spacial score (nSPS) is 11.7. The fraction of sp³-hybridized carbons (Fsp3) is 0.364. The Labute approximate surface area is 237 Å². The molecule has 0 N–H and O–H groups in total. The molecule has 0 unspecified atom stereocenters. The molecule has 1 heterocycles. The van der Waals surface area contributed by atoms with E-state index in [0.717, 1.165) is 34.2 Å². The van der Waals surface area contributed by atoms with Crippen molar-refractivity contribution in [3.05, 3.63) is 83.4 Å². The van der Waals surface area contributed by atoms with E-state index >= 15 is 0 Å². The highest BCUT2D eigenvalue weighted by Crippen LogP contribution is 2.32. The number of carbonyl (C=O) groups is 1. The Kier molecular flexibility index (Phi) is 9.50. The fourth-order valence-corrected chi connectivity index (χ4v) is 4.69. The van der Waals surface area contributed by atoms with Crippen LogP contribution in [0.5, 0.6) is 0 Å². The second-order valence-electron chi connectivity index (χ2n) is 11.0. The van der Waals surface area contributed by atoms with Crippen LogP contribution in [0.4, 0.5) is 0 Å². The average molecular weight is 542 g/mol. The molecule has 0 bridgehead atoms. The molecule has 0 spiro atoms. The third-order valence-corrected chi connectivity index (χ3v) is 6.52. The van der Waals surface area contributed by atoms with Gasteiger partial charge in [0.25, 0.3) is 5.89 Å². The molecule has 0 atom stereocenters. The van der Waals surface area contributed by atoms with Gasteiger partial charge in [0.2, 0.25) is 5.82 Å². The number of ether oxygens (including phenoxy) is 2. The molecular formula is C33H39N3O4. The SMILES string of the molecule is CCc1ccccc1-c1ccc(-c2nc(-c3cccc(CN(C)CCC(=O)OC(C)(C)C)c3)no2)cc1COC. The van der Waals surface area contributed by atoms with Gasteiger partial charge < -0.3 is 18.9 Å². The van der Waals surface area contributed by atoms with Crippen LogP contribution in [-0.2, 0) is 33.8 Å². The van der Waals surface area contributed by atoms with E-state index in [1.807, 2.05) is 46.0 Å². The molecule has 0 amide bonds. The summed E-state index contributed by atoms with van der Waals surface area (Å²) in [5.74, 6) is 0.799. The molecule has 4 aromatic rings. The topological polar surface area (TPSA) is 77.7 Å². The van der Waals surface area contributed by atoms with Crippen LogP contribution in [0.3, 0.4) is 0 Å². The zero-order valence-electron chi connectivity index (χ0n) is 24.4. The lowest BCUT2D eigenvalue weighted by Crippen LogP contribution is -2.27. The Morgan fingerprint density at radius 2 is 1.73 bits per heavy atom. The lowest BCUT2D eigenvalue weighted by atomic mass is 9.93. The van der Waals surface area contributed by atoms with Crippen molar-refractivity contribution in [1.82, 2.24) is 15.0 Å². The van der Waals surface area contributed by atoms with E-state index in [1.54, 1.807) is 7.11 Å². The number of nitrogens with zero attached hydrogens (tertiary/aromatic N) is 3. The number of hydrogen-bond donors (Lipinski definition) is 0. The van der Waals surface area contributed by atoms with Gasteiger partial charge in [0.15, 0.2) is 0 Å². The third kappa shape index (κ3) is 7.64. The van der Waals surface area contributed by atoms with Gasteiger partial charge in [0.1, 0.15) is 5.60 Å². The molecule has 0 fully saturated rings. The van der Waals surface area contributed by atoms with Gasteiger partial charge in [0, 0.05) is 31.3 Å². The van der Waals surface area contributed by atoms with E-state index in [9.17, 15) is 4.79 Å². The predicted octanol–water partition coefficient (Wildman–Crippen LogP) is 6.94. The third-order valence-electron chi connectivity index (χ3n) is 6.52. The number of carbonyl (C=O) groups excluding carboxylic acids is 1. The van der Waals surface area contributed by atoms with E-state index < -0.39 is 5.60 Å². The van der Waals surface area contributed by atoms with Gasteiger partial charge in [-0.05, 0) is 80.3 Å². The Morgan fingerprint density at radius 3 is 2.48 bits per heavy atom. The smallest absolute Gasteiger partial charge is 0.307 e. The van der Waals surface area contributed by atoms with Crippen molar-refractivity contribution in [1.29, 1.82) is 0 Å². The summed E-state index contributed by atoms with van der Waals surface area (Å²) in [5, 5.41) is 4.27. The first-order valence-corrected chi connectivity index (χ1v) is 13.7. The van der Waals surface area contributed by atoms with E-state index in [2.05, 4.69) is 65.5 Å². The number of methoxy groups -OCH3 is 1. The molecule has 3 aromatic carbocycles. The first-order valence-electron chi connectivity index (χ1n) is 13.7. The zero-order valence-corrected chi connectivity index (χ0v) is 24.4. The zero-order chi connectivity index (χ0) is 28.7. The van der Waals surface area contributed by atoms with Gasteiger partial charge in [-0.2, -0.15) is 4.98 Å². The molecule has 7 heteroatoms. The molecule has 1 aromatic heterocycles. The molecule has 4 rings (SSSR count). The second kappa shape index (κ2) is 13.0. The molecule has 0 aliphatic rings. The van der Waals surface area contributed by atoms with Gasteiger partial charge >= 0.3 is 5.97 Å². The van der Waals surface area contributed by atoms with Gasteiger partial charge in [-0.15, -0.1) is 0 Å². The van der Waals surface area contributed by atoms with Crippen LogP contribution in [0, 0.1) is 0 Å². The van der Waals surface area contributed by atoms with Gasteiger partial charge in [-0.3, -0.25) is 4.79 Å². The highest BCUT2D eigenvalue weighted by molar-refractivity contribution is 5.74. The minimum Gasteiger partial charge on any atom is -0.460 e. The summed E-state index contributed by atoms with van der Waals surface area (Å²) < 4.78 is 16.6. The quantitative estimate of drug-likeness (QED) is 0.190. The maximum atomic E-state index is 12.1. The highest BCUT2D eigenvalue weighted by atomic mass is 16.6. The Balaban J connectivity index is 1.49. The van der Waals surface area contributed by atoms with Crippen LogP contribution in [0.25, 0.3) is 34.0 Å².